The van der Waals surface area contributed by atoms with Crippen molar-refractivity contribution in [1.82, 2.24) is 20.1 Å². The highest BCUT2D eigenvalue weighted by Crippen LogP contribution is 2.24. The van der Waals surface area contributed by atoms with Crippen molar-refractivity contribution in [2.24, 2.45) is 0 Å². The van der Waals surface area contributed by atoms with Crippen molar-refractivity contribution in [3.63, 3.8) is 0 Å². The molecule has 14 heavy (non-hydrogen) atoms. The Bertz CT molecular complexity index is 325. The quantitative estimate of drug-likeness (QED) is 0.723. The second-order valence-electron chi connectivity index (χ2n) is 4.23. The van der Waals surface area contributed by atoms with Crippen LogP contribution in [0.2, 0.25) is 0 Å². The van der Waals surface area contributed by atoms with Gasteiger partial charge in [0.1, 0.15) is 11.6 Å². The molecule has 1 fully saturated rings. The molecule has 0 radical (unpaired) electrons. The van der Waals surface area contributed by atoms with Crippen LogP contribution in [0.15, 0.2) is 0 Å². The van der Waals surface area contributed by atoms with Gasteiger partial charge in [-0.15, -0.1) is 10.2 Å². The summed E-state index contributed by atoms with van der Waals surface area (Å²) in [5.74, 6) is 2.37. The third-order valence-corrected chi connectivity index (χ3v) is 3.26. The molecular weight excluding hydrogens is 176 g/mol. The topological polar surface area (TPSA) is 42.7 Å². The first-order valence-corrected chi connectivity index (χ1v) is 5.60. The molecule has 2 aliphatic heterocycles. The van der Waals surface area contributed by atoms with Gasteiger partial charge in [-0.2, -0.15) is 0 Å². The van der Waals surface area contributed by atoms with E-state index in [2.05, 4.69) is 20.1 Å². The highest BCUT2D eigenvalue weighted by Gasteiger charge is 2.24. The summed E-state index contributed by atoms with van der Waals surface area (Å²) in [6.07, 6.45) is 6.16. The fourth-order valence-corrected chi connectivity index (χ4v) is 2.49. The average molecular weight is 192 g/mol. The maximum atomic E-state index is 4.33. The molecule has 0 spiro atoms. The molecule has 1 aromatic rings. The molecule has 2 aliphatic rings. The van der Waals surface area contributed by atoms with Crippen LogP contribution in [0.1, 0.15) is 43.4 Å². The van der Waals surface area contributed by atoms with Crippen LogP contribution in [0.25, 0.3) is 0 Å². The Labute approximate surface area is 83.7 Å². The van der Waals surface area contributed by atoms with Gasteiger partial charge in [-0.25, -0.2) is 0 Å². The molecule has 4 heteroatoms. The van der Waals surface area contributed by atoms with E-state index in [1.54, 1.807) is 0 Å². The minimum atomic E-state index is 0.467. The number of nitrogens with zero attached hydrogens (tertiary/aromatic N) is 3. The summed E-state index contributed by atoms with van der Waals surface area (Å²) < 4.78 is 2.33. The average Bonchev–Trinajstić information content (AvgIpc) is 2.85. The molecule has 1 saturated heterocycles. The minimum absolute atomic E-state index is 0.467. The lowest BCUT2D eigenvalue weighted by Crippen LogP contribution is -2.20. The van der Waals surface area contributed by atoms with Crippen LogP contribution in [-0.4, -0.2) is 21.3 Å². The Morgan fingerprint density at radius 1 is 1.21 bits per heavy atom. The van der Waals surface area contributed by atoms with E-state index in [1.165, 1.54) is 37.3 Å². The number of hydrogen-bond acceptors (Lipinski definition) is 3. The summed E-state index contributed by atoms with van der Waals surface area (Å²) in [4.78, 5) is 0. The largest absolute Gasteiger partial charge is 0.314 e. The molecule has 3 heterocycles. The third-order valence-electron chi connectivity index (χ3n) is 3.26. The lowest BCUT2D eigenvalue weighted by atomic mass is 10.1. The van der Waals surface area contributed by atoms with E-state index in [4.69, 9.17) is 0 Å². The van der Waals surface area contributed by atoms with Crippen molar-refractivity contribution >= 4 is 0 Å². The number of aromatic nitrogens is 3. The summed E-state index contributed by atoms with van der Waals surface area (Å²) in [6, 6.07) is 0.467. The van der Waals surface area contributed by atoms with Gasteiger partial charge in [0, 0.05) is 13.0 Å². The van der Waals surface area contributed by atoms with E-state index in [9.17, 15) is 0 Å². The van der Waals surface area contributed by atoms with E-state index in [1.807, 2.05) is 0 Å². The molecule has 0 aliphatic carbocycles. The second kappa shape index (κ2) is 3.35. The molecule has 0 amide bonds. The van der Waals surface area contributed by atoms with Gasteiger partial charge < -0.3 is 9.88 Å². The molecule has 1 atom stereocenters. The lowest BCUT2D eigenvalue weighted by Gasteiger charge is -2.17. The van der Waals surface area contributed by atoms with E-state index in [-0.39, 0.29) is 0 Å². The summed E-state index contributed by atoms with van der Waals surface area (Å²) in [5.41, 5.74) is 0. The van der Waals surface area contributed by atoms with Gasteiger partial charge in [-0.1, -0.05) is 0 Å². The number of hydrogen-bond donors (Lipinski definition) is 1. The molecule has 3 rings (SSSR count). The van der Waals surface area contributed by atoms with Crippen LogP contribution in [-0.2, 0) is 13.0 Å². The fourth-order valence-electron chi connectivity index (χ4n) is 2.49. The normalized spacial score (nSPS) is 26.4. The predicted molar refractivity (Wildman–Crippen MR) is 52.9 cm³/mol. The first kappa shape index (κ1) is 8.41. The molecule has 1 N–H and O–H groups in total. The van der Waals surface area contributed by atoms with Crippen LogP contribution in [0.4, 0.5) is 0 Å². The van der Waals surface area contributed by atoms with E-state index in [0.29, 0.717) is 6.04 Å². The Kier molecular flexibility index (Phi) is 2.01. The van der Waals surface area contributed by atoms with Gasteiger partial charge in [0.25, 0.3) is 0 Å². The molecular formula is C10H16N4. The van der Waals surface area contributed by atoms with Gasteiger partial charge in [-0.05, 0) is 32.2 Å². The summed E-state index contributed by atoms with van der Waals surface area (Å²) in [7, 11) is 0. The Morgan fingerprint density at radius 3 is 3.07 bits per heavy atom. The summed E-state index contributed by atoms with van der Waals surface area (Å²) >= 11 is 0. The zero-order valence-electron chi connectivity index (χ0n) is 8.37. The Morgan fingerprint density at radius 2 is 2.21 bits per heavy atom. The number of aryl methyl sites for hydroxylation is 1. The first-order valence-electron chi connectivity index (χ1n) is 5.60. The van der Waals surface area contributed by atoms with Crippen LogP contribution in [0.5, 0.6) is 0 Å². The van der Waals surface area contributed by atoms with Gasteiger partial charge in [-0.3, -0.25) is 0 Å². The zero-order chi connectivity index (χ0) is 9.38. The number of nitrogens with one attached hydrogen (secondary N) is 1. The van der Waals surface area contributed by atoms with Crippen LogP contribution in [0, 0.1) is 0 Å². The molecule has 0 aromatic carbocycles. The molecule has 76 valence electrons. The van der Waals surface area contributed by atoms with Crippen molar-refractivity contribution < 1.29 is 0 Å². The van der Waals surface area contributed by atoms with Crippen LogP contribution >= 0.6 is 0 Å². The molecule has 1 aromatic heterocycles. The number of fused-ring (bicyclic) bond motifs is 1. The maximum absolute atomic E-state index is 4.33. The first-order chi connectivity index (χ1) is 6.95. The van der Waals surface area contributed by atoms with Gasteiger partial charge >= 0.3 is 0 Å². The standard InChI is InChI=1S/C10H16N4/c1-2-7-14-9(5-1)12-13-10(14)8-4-3-6-11-8/h8,11H,1-7H2/t8-/m1/s1. The van der Waals surface area contributed by atoms with E-state index < -0.39 is 0 Å². The summed E-state index contributed by atoms with van der Waals surface area (Å²) in [6.45, 7) is 2.25. The Hall–Kier alpha value is -0.900. The van der Waals surface area contributed by atoms with Crippen molar-refractivity contribution in [2.75, 3.05) is 6.54 Å². The summed E-state index contributed by atoms with van der Waals surface area (Å²) in [5, 5.41) is 12.1. The number of rotatable bonds is 1. The lowest BCUT2D eigenvalue weighted by molar-refractivity contribution is 0.478. The molecule has 0 bridgehead atoms. The van der Waals surface area contributed by atoms with E-state index >= 15 is 0 Å². The smallest absolute Gasteiger partial charge is 0.150 e. The third kappa shape index (κ3) is 1.25. The van der Waals surface area contributed by atoms with Crippen molar-refractivity contribution in [1.29, 1.82) is 0 Å². The molecule has 0 saturated carbocycles. The monoisotopic (exact) mass is 192 g/mol. The fraction of sp³-hybridized carbons (Fsp3) is 0.800. The van der Waals surface area contributed by atoms with Crippen molar-refractivity contribution in [3.8, 4) is 0 Å². The maximum Gasteiger partial charge on any atom is 0.150 e. The van der Waals surface area contributed by atoms with Crippen LogP contribution < -0.4 is 5.32 Å². The molecule has 4 nitrogen and oxygen atoms in total. The molecule has 0 unspecified atom stereocenters. The predicted octanol–water partition coefficient (Wildman–Crippen LogP) is 1.04. The van der Waals surface area contributed by atoms with Crippen molar-refractivity contribution in [3.05, 3.63) is 11.6 Å². The second-order valence-corrected chi connectivity index (χ2v) is 4.23. The van der Waals surface area contributed by atoms with Gasteiger partial charge in [0.05, 0.1) is 6.04 Å². The Balaban J connectivity index is 1.93. The van der Waals surface area contributed by atoms with E-state index in [0.717, 1.165) is 19.5 Å². The highest BCUT2D eigenvalue weighted by molar-refractivity contribution is 5.04. The van der Waals surface area contributed by atoms with Crippen molar-refractivity contribution in [2.45, 2.75) is 44.7 Å². The van der Waals surface area contributed by atoms with Gasteiger partial charge in [0.2, 0.25) is 0 Å². The zero-order valence-corrected chi connectivity index (χ0v) is 8.37. The SMILES string of the molecule is C1CCn2c(nnc2[C@H]2CCCN2)C1. The van der Waals surface area contributed by atoms with Gasteiger partial charge in [0.15, 0.2) is 0 Å². The minimum Gasteiger partial charge on any atom is -0.314 e. The highest BCUT2D eigenvalue weighted by atomic mass is 15.3. The van der Waals surface area contributed by atoms with Crippen LogP contribution in [0.3, 0.4) is 0 Å².